The fourth-order valence-corrected chi connectivity index (χ4v) is 2.65. The molecular formula is C19H21N3O. The van der Waals surface area contributed by atoms with Gasteiger partial charge in [0.25, 0.3) is 0 Å². The molecule has 1 aromatic heterocycles. The van der Waals surface area contributed by atoms with Gasteiger partial charge >= 0.3 is 0 Å². The molecule has 4 nitrogen and oxygen atoms in total. The Balaban J connectivity index is 1.90. The second kappa shape index (κ2) is 6.77. The lowest BCUT2D eigenvalue weighted by Gasteiger charge is -2.14. The van der Waals surface area contributed by atoms with Crippen molar-refractivity contribution in [3.8, 4) is 22.4 Å². The molecule has 0 amide bonds. The predicted octanol–water partition coefficient (Wildman–Crippen LogP) is 3.53. The Morgan fingerprint density at radius 2 is 1.70 bits per heavy atom. The first-order chi connectivity index (χ1) is 11.2. The molecule has 0 fully saturated rings. The second-order valence-electron chi connectivity index (χ2n) is 5.85. The summed E-state index contributed by atoms with van der Waals surface area (Å²) in [7, 11) is 4.17. The van der Waals surface area contributed by atoms with Crippen molar-refractivity contribution in [2.75, 3.05) is 14.1 Å². The smallest absolute Gasteiger partial charge is 0.150 e. The van der Waals surface area contributed by atoms with Gasteiger partial charge in [-0.15, -0.1) is 0 Å². The number of nitrogens with two attached hydrogens (primary N) is 1. The SMILES string of the molecule is CN(C)Cc1ccccc1-c1ccc(-c2cc(CN)on2)cc1. The van der Waals surface area contributed by atoms with Gasteiger partial charge in [0.05, 0.1) is 6.54 Å². The van der Waals surface area contributed by atoms with E-state index >= 15 is 0 Å². The Morgan fingerprint density at radius 3 is 2.35 bits per heavy atom. The number of hydrogen-bond acceptors (Lipinski definition) is 4. The van der Waals surface area contributed by atoms with Crippen molar-refractivity contribution in [2.45, 2.75) is 13.1 Å². The van der Waals surface area contributed by atoms with Crippen LogP contribution in [-0.4, -0.2) is 24.2 Å². The Labute approximate surface area is 136 Å². The summed E-state index contributed by atoms with van der Waals surface area (Å²) in [5, 5.41) is 4.05. The number of benzene rings is 2. The van der Waals surface area contributed by atoms with E-state index in [9.17, 15) is 0 Å². The third-order valence-corrected chi connectivity index (χ3v) is 3.76. The van der Waals surface area contributed by atoms with E-state index in [1.54, 1.807) is 0 Å². The van der Waals surface area contributed by atoms with Gasteiger partial charge in [-0.2, -0.15) is 0 Å². The number of nitrogens with zero attached hydrogens (tertiary/aromatic N) is 2. The highest BCUT2D eigenvalue weighted by molar-refractivity contribution is 5.71. The van der Waals surface area contributed by atoms with Gasteiger partial charge in [0, 0.05) is 18.2 Å². The van der Waals surface area contributed by atoms with Crippen LogP contribution in [0, 0.1) is 0 Å². The molecule has 0 bridgehead atoms. The molecule has 0 saturated carbocycles. The van der Waals surface area contributed by atoms with Crippen LogP contribution >= 0.6 is 0 Å². The van der Waals surface area contributed by atoms with Crippen LogP contribution in [0.4, 0.5) is 0 Å². The van der Waals surface area contributed by atoms with Gasteiger partial charge in [0.2, 0.25) is 0 Å². The highest BCUT2D eigenvalue weighted by atomic mass is 16.5. The molecule has 4 heteroatoms. The molecule has 0 unspecified atom stereocenters. The first kappa shape index (κ1) is 15.5. The monoisotopic (exact) mass is 307 g/mol. The van der Waals surface area contributed by atoms with Crippen LogP contribution in [0.25, 0.3) is 22.4 Å². The average Bonchev–Trinajstić information content (AvgIpc) is 3.04. The van der Waals surface area contributed by atoms with E-state index in [4.69, 9.17) is 10.3 Å². The summed E-state index contributed by atoms with van der Waals surface area (Å²) in [5.41, 5.74) is 11.2. The first-order valence-electron chi connectivity index (χ1n) is 7.66. The van der Waals surface area contributed by atoms with Crippen LogP contribution < -0.4 is 5.73 Å². The minimum absolute atomic E-state index is 0.364. The van der Waals surface area contributed by atoms with E-state index in [1.807, 2.05) is 6.07 Å². The second-order valence-corrected chi connectivity index (χ2v) is 5.85. The third kappa shape index (κ3) is 3.50. The Bertz CT molecular complexity index is 775. The Hall–Kier alpha value is -2.43. The van der Waals surface area contributed by atoms with Gasteiger partial charge in [-0.3, -0.25) is 0 Å². The molecule has 0 radical (unpaired) electrons. The predicted molar refractivity (Wildman–Crippen MR) is 92.7 cm³/mol. The number of rotatable bonds is 5. The normalized spacial score (nSPS) is 11.1. The standard InChI is InChI=1S/C19H21N3O/c1-22(2)13-16-5-3-4-6-18(16)14-7-9-15(10-8-14)19-11-17(12-20)23-21-19/h3-11H,12-13,20H2,1-2H3. The molecular weight excluding hydrogens is 286 g/mol. The summed E-state index contributed by atoms with van der Waals surface area (Å²) in [6.45, 7) is 1.28. The number of hydrogen-bond donors (Lipinski definition) is 1. The molecule has 0 aliphatic carbocycles. The highest BCUT2D eigenvalue weighted by Crippen LogP contribution is 2.27. The highest BCUT2D eigenvalue weighted by Gasteiger charge is 2.08. The van der Waals surface area contributed by atoms with Crippen molar-refractivity contribution in [2.24, 2.45) is 5.73 Å². The zero-order chi connectivity index (χ0) is 16.2. The lowest BCUT2D eigenvalue weighted by atomic mass is 9.98. The van der Waals surface area contributed by atoms with Crippen molar-refractivity contribution in [3.63, 3.8) is 0 Å². The van der Waals surface area contributed by atoms with Crippen molar-refractivity contribution in [3.05, 3.63) is 65.9 Å². The molecule has 23 heavy (non-hydrogen) atoms. The largest absolute Gasteiger partial charge is 0.359 e. The molecule has 0 aliphatic rings. The minimum Gasteiger partial charge on any atom is -0.359 e. The molecule has 2 N–H and O–H groups in total. The topological polar surface area (TPSA) is 55.3 Å². The summed E-state index contributed by atoms with van der Waals surface area (Å²) < 4.78 is 5.17. The van der Waals surface area contributed by atoms with Crippen LogP contribution in [0.3, 0.4) is 0 Å². The molecule has 0 saturated heterocycles. The first-order valence-corrected chi connectivity index (χ1v) is 7.66. The van der Waals surface area contributed by atoms with E-state index in [2.05, 4.69) is 72.7 Å². The maximum Gasteiger partial charge on any atom is 0.150 e. The fraction of sp³-hybridized carbons (Fsp3) is 0.211. The molecule has 0 spiro atoms. The molecule has 0 atom stereocenters. The van der Waals surface area contributed by atoms with Crippen LogP contribution in [0.2, 0.25) is 0 Å². The molecule has 3 aromatic rings. The molecule has 3 rings (SSSR count). The van der Waals surface area contributed by atoms with Crippen molar-refractivity contribution in [1.82, 2.24) is 10.1 Å². The van der Waals surface area contributed by atoms with Gasteiger partial charge < -0.3 is 15.2 Å². The summed E-state index contributed by atoms with van der Waals surface area (Å²) in [5.74, 6) is 0.695. The molecule has 118 valence electrons. The minimum atomic E-state index is 0.364. The molecule has 1 heterocycles. The maximum atomic E-state index is 5.56. The molecule has 0 aliphatic heterocycles. The van der Waals surface area contributed by atoms with E-state index in [0.717, 1.165) is 17.8 Å². The van der Waals surface area contributed by atoms with E-state index in [-0.39, 0.29) is 0 Å². The van der Waals surface area contributed by atoms with Crippen LogP contribution in [0.5, 0.6) is 0 Å². The van der Waals surface area contributed by atoms with Gasteiger partial charge in [0.1, 0.15) is 5.69 Å². The Kier molecular flexibility index (Phi) is 4.55. The zero-order valence-electron chi connectivity index (χ0n) is 13.5. The zero-order valence-corrected chi connectivity index (χ0v) is 13.5. The summed E-state index contributed by atoms with van der Waals surface area (Å²) in [6, 6.07) is 18.8. The fourth-order valence-electron chi connectivity index (χ4n) is 2.65. The number of aromatic nitrogens is 1. The summed E-state index contributed by atoms with van der Waals surface area (Å²) in [6.07, 6.45) is 0. The average molecular weight is 307 g/mol. The van der Waals surface area contributed by atoms with E-state index in [0.29, 0.717) is 12.3 Å². The quantitative estimate of drug-likeness (QED) is 0.783. The lowest BCUT2D eigenvalue weighted by molar-refractivity contribution is 0.387. The van der Waals surface area contributed by atoms with Crippen molar-refractivity contribution >= 4 is 0 Å². The van der Waals surface area contributed by atoms with E-state index in [1.165, 1.54) is 16.7 Å². The lowest BCUT2D eigenvalue weighted by Crippen LogP contribution is -2.11. The van der Waals surface area contributed by atoms with Crippen molar-refractivity contribution < 1.29 is 4.52 Å². The van der Waals surface area contributed by atoms with Crippen LogP contribution in [-0.2, 0) is 13.1 Å². The van der Waals surface area contributed by atoms with Gasteiger partial charge in [-0.25, -0.2) is 0 Å². The molecule has 2 aromatic carbocycles. The van der Waals surface area contributed by atoms with Crippen LogP contribution in [0.15, 0.2) is 59.1 Å². The van der Waals surface area contributed by atoms with Crippen molar-refractivity contribution in [1.29, 1.82) is 0 Å². The maximum absolute atomic E-state index is 5.56. The van der Waals surface area contributed by atoms with Crippen LogP contribution in [0.1, 0.15) is 11.3 Å². The summed E-state index contributed by atoms with van der Waals surface area (Å²) >= 11 is 0. The third-order valence-electron chi connectivity index (χ3n) is 3.76. The summed E-state index contributed by atoms with van der Waals surface area (Å²) in [4.78, 5) is 2.18. The van der Waals surface area contributed by atoms with Gasteiger partial charge in [0.15, 0.2) is 5.76 Å². The van der Waals surface area contributed by atoms with Gasteiger partial charge in [-0.05, 0) is 30.8 Å². The van der Waals surface area contributed by atoms with Gasteiger partial charge in [-0.1, -0.05) is 53.7 Å². The van der Waals surface area contributed by atoms with E-state index < -0.39 is 0 Å². The Morgan fingerprint density at radius 1 is 1.00 bits per heavy atom.